The van der Waals surface area contributed by atoms with Crippen molar-refractivity contribution in [3.63, 3.8) is 0 Å². The summed E-state index contributed by atoms with van der Waals surface area (Å²) in [6, 6.07) is 9.03. The number of ether oxygens (including phenoxy) is 1. The monoisotopic (exact) mass is 631 g/mol. The van der Waals surface area contributed by atoms with Crippen LogP contribution >= 0.6 is 0 Å². The van der Waals surface area contributed by atoms with Crippen molar-refractivity contribution >= 4 is 23.7 Å². The number of nitrogens with one attached hydrogen (secondary N) is 1. The van der Waals surface area contributed by atoms with Gasteiger partial charge in [0.05, 0.1) is 16.9 Å². The number of nitrogens with zero attached hydrogens (tertiary/aromatic N) is 4. The maximum absolute atomic E-state index is 15.7. The Bertz CT molecular complexity index is 1960. The van der Waals surface area contributed by atoms with Crippen molar-refractivity contribution in [2.45, 2.75) is 19.9 Å². The summed E-state index contributed by atoms with van der Waals surface area (Å²) in [5, 5.41) is 3.17. The van der Waals surface area contributed by atoms with Gasteiger partial charge in [-0.1, -0.05) is 0 Å². The molecule has 46 heavy (non-hydrogen) atoms. The molecule has 0 unspecified atom stereocenters. The van der Waals surface area contributed by atoms with Crippen LogP contribution in [-0.2, 0) is 4.79 Å². The van der Waals surface area contributed by atoms with Gasteiger partial charge in [-0.05, 0) is 68.5 Å². The number of primary amides is 1. The lowest BCUT2D eigenvalue weighted by atomic mass is 10.0. The molecule has 1 fully saturated rings. The summed E-state index contributed by atoms with van der Waals surface area (Å²) in [5.41, 5.74) is 9.34. The van der Waals surface area contributed by atoms with Crippen LogP contribution in [-0.4, -0.2) is 57.0 Å². The van der Waals surface area contributed by atoms with E-state index in [0.717, 1.165) is 22.8 Å². The first-order chi connectivity index (χ1) is 22.0. The number of anilines is 1. The third-order valence-corrected chi connectivity index (χ3v) is 7.37. The Morgan fingerprint density at radius 3 is 2.35 bits per heavy atom. The quantitative estimate of drug-likeness (QED) is 0.250. The summed E-state index contributed by atoms with van der Waals surface area (Å²) in [7, 11) is 0. The van der Waals surface area contributed by atoms with E-state index < -0.39 is 40.4 Å². The molecule has 3 heterocycles. The van der Waals surface area contributed by atoms with Crippen LogP contribution in [0.1, 0.15) is 35.8 Å². The highest BCUT2D eigenvalue weighted by Crippen LogP contribution is 2.33. The van der Waals surface area contributed by atoms with E-state index in [1.54, 1.807) is 18.7 Å². The predicted octanol–water partition coefficient (Wildman–Crippen LogP) is 2.84. The number of amides is 2. The third kappa shape index (κ3) is 6.28. The Morgan fingerprint density at radius 2 is 1.72 bits per heavy atom. The number of nitrogens with two attached hydrogens (primary N) is 2. The second kappa shape index (κ2) is 13.2. The van der Waals surface area contributed by atoms with E-state index in [4.69, 9.17) is 16.2 Å². The van der Waals surface area contributed by atoms with Gasteiger partial charge in [-0.25, -0.2) is 23.1 Å². The van der Waals surface area contributed by atoms with Gasteiger partial charge in [0, 0.05) is 50.1 Å². The van der Waals surface area contributed by atoms with E-state index in [1.807, 2.05) is 0 Å². The van der Waals surface area contributed by atoms with Crippen LogP contribution in [0.3, 0.4) is 0 Å². The van der Waals surface area contributed by atoms with E-state index in [1.165, 1.54) is 48.7 Å². The number of carbonyl (C=O) groups excluding carboxylic acids is 2. The van der Waals surface area contributed by atoms with E-state index in [2.05, 4.69) is 10.3 Å². The Hall–Kier alpha value is -5.63. The molecule has 0 atom stereocenters. The van der Waals surface area contributed by atoms with Gasteiger partial charge in [0.25, 0.3) is 11.5 Å². The summed E-state index contributed by atoms with van der Waals surface area (Å²) in [5.74, 6) is -2.96. The van der Waals surface area contributed by atoms with Crippen LogP contribution in [0.2, 0.25) is 0 Å². The van der Waals surface area contributed by atoms with E-state index in [9.17, 15) is 23.6 Å². The summed E-state index contributed by atoms with van der Waals surface area (Å²) >= 11 is 0. The van der Waals surface area contributed by atoms with E-state index in [0.29, 0.717) is 30.7 Å². The minimum atomic E-state index is -1.15. The van der Waals surface area contributed by atoms with Gasteiger partial charge >= 0.3 is 5.69 Å². The van der Waals surface area contributed by atoms with Crippen molar-refractivity contribution in [2.24, 2.45) is 5.73 Å². The van der Waals surface area contributed by atoms with Gasteiger partial charge in [0.2, 0.25) is 5.91 Å². The molecule has 2 aromatic carbocycles. The highest BCUT2D eigenvalue weighted by Gasteiger charge is 2.27. The zero-order valence-corrected chi connectivity index (χ0v) is 25.0. The van der Waals surface area contributed by atoms with Gasteiger partial charge in [-0.15, -0.1) is 0 Å². The second-order valence-corrected chi connectivity index (χ2v) is 10.7. The fourth-order valence-electron chi connectivity index (χ4n) is 5.15. The fraction of sp³-hybridized carbons (Fsp3) is 0.219. The van der Waals surface area contributed by atoms with Crippen molar-refractivity contribution in [3.05, 3.63) is 104 Å². The molecule has 1 saturated heterocycles. The number of benzene rings is 2. The number of pyridine rings is 1. The van der Waals surface area contributed by atoms with Crippen LogP contribution in [0, 0.1) is 11.6 Å². The molecule has 0 aliphatic carbocycles. The molecular weight excluding hydrogens is 600 g/mol. The van der Waals surface area contributed by atoms with Gasteiger partial charge in [0.15, 0.2) is 11.6 Å². The van der Waals surface area contributed by atoms with Crippen molar-refractivity contribution in [2.75, 3.05) is 31.9 Å². The Morgan fingerprint density at radius 1 is 1.02 bits per heavy atom. The Kier molecular flexibility index (Phi) is 9.09. The first-order valence-corrected chi connectivity index (χ1v) is 14.3. The molecule has 238 valence electrons. The van der Waals surface area contributed by atoms with Gasteiger partial charge in [-0.3, -0.25) is 19.0 Å². The molecule has 1 aliphatic rings. The molecule has 4 aromatic rings. The van der Waals surface area contributed by atoms with Crippen LogP contribution < -0.4 is 32.8 Å². The topological polar surface area (TPSA) is 168 Å². The second-order valence-electron chi connectivity index (χ2n) is 10.7. The summed E-state index contributed by atoms with van der Waals surface area (Å²) in [6.45, 7) is 5.74. The third-order valence-electron chi connectivity index (χ3n) is 7.37. The maximum atomic E-state index is 15.7. The molecule has 0 radical (unpaired) electrons. The lowest BCUT2D eigenvalue weighted by Gasteiger charge is -2.26. The molecule has 0 saturated carbocycles. The number of hydrogen-bond donors (Lipinski definition) is 3. The minimum Gasteiger partial charge on any atom is -0.453 e. The molecule has 5 rings (SSSR count). The van der Waals surface area contributed by atoms with Crippen molar-refractivity contribution in [1.29, 1.82) is 0 Å². The molecule has 2 amide bonds. The molecule has 0 bridgehead atoms. The number of halogens is 2. The molecule has 2 aromatic heterocycles. The highest BCUT2D eigenvalue weighted by molar-refractivity contribution is 5.98. The molecular formula is C32H31F2N7O5. The zero-order chi connectivity index (χ0) is 33.1. The lowest BCUT2D eigenvalue weighted by molar-refractivity contribution is -0.126. The summed E-state index contributed by atoms with van der Waals surface area (Å²) in [4.78, 5) is 58.2. The van der Waals surface area contributed by atoms with Crippen LogP contribution in [0.15, 0.2) is 70.4 Å². The maximum Gasteiger partial charge on any atom is 0.336 e. The molecule has 14 heteroatoms. The van der Waals surface area contributed by atoms with Crippen molar-refractivity contribution in [1.82, 2.24) is 24.3 Å². The first kappa shape index (κ1) is 31.8. The van der Waals surface area contributed by atoms with E-state index >= 15 is 4.39 Å². The van der Waals surface area contributed by atoms with Crippen molar-refractivity contribution in [3.8, 4) is 28.4 Å². The van der Waals surface area contributed by atoms with Gasteiger partial charge in [-0.2, -0.15) is 0 Å². The number of piperazine rings is 1. The van der Waals surface area contributed by atoms with Crippen LogP contribution in [0.25, 0.3) is 23.0 Å². The summed E-state index contributed by atoms with van der Waals surface area (Å²) in [6.07, 6.45) is 4.16. The molecule has 12 nitrogen and oxygen atoms in total. The Balaban J connectivity index is 1.56. The van der Waals surface area contributed by atoms with Crippen molar-refractivity contribution < 1.29 is 23.1 Å². The predicted molar refractivity (Wildman–Crippen MR) is 168 cm³/mol. The average molecular weight is 632 g/mol. The normalized spacial score (nSPS) is 13.4. The van der Waals surface area contributed by atoms with Gasteiger partial charge in [0.1, 0.15) is 22.9 Å². The van der Waals surface area contributed by atoms with Crippen LogP contribution in [0.5, 0.6) is 11.5 Å². The number of hydrogen-bond acceptors (Lipinski definition) is 8. The Labute approximate surface area is 261 Å². The largest absolute Gasteiger partial charge is 0.453 e. The lowest BCUT2D eigenvalue weighted by Crippen LogP contribution is -2.45. The van der Waals surface area contributed by atoms with Crippen LogP contribution in [0.4, 0.5) is 14.6 Å². The highest BCUT2D eigenvalue weighted by atomic mass is 19.1. The standard InChI is InChI=1S/C32H31F2N7O5/c1-18(2)40-28(27(30(36)43)31(44)41(32(40)45)21-6-4-20(33)5-7-21)19-3-9-25(23(34)17-19)46-24-11-12-38-29(35)22(24)8-10-26(42)39-15-13-37-14-16-39/h3-12,17-18,37H,13-16H2,1-2H3,(H2,35,38)(H2,36,43). The minimum absolute atomic E-state index is 0.00351. The molecule has 5 N–H and O–H groups in total. The van der Waals surface area contributed by atoms with E-state index in [-0.39, 0.29) is 45.7 Å². The smallest absolute Gasteiger partial charge is 0.336 e. The average Bonchev–Trinajstić information content (AvgIpc) is 3.02. The number of carbonyl (C=O) groups is 2. The first-order valence-electron chi connectivity index (χ1n) is 14.3. The molecule has 0 spiro atoms. The zero-order valence-electron chi connectivity index (χ0n) is 25.0. The number of aromatic nitrogens is 3. The number of nitrogen functional groups attached to an aromatic ring is 1. The number of rotatable bonds is 8. The molecule has 1 aliphatic heterocycles. The van der Waals surface area contributed by atoms with Gasteiger partial charge < -0.3 is 26.4 Å². The summed E-state index contributed by atoms with van der Waals surface area (Å²) < 4.78 is 37.0. The SMILES string of the molecule is CC(C)n1c(-c2ccc(Oc3ccnc(N)c3C=CC(=O)N3CCNCC3)c(F)c2)c(C(N)=O)c(=O)n(-c2ccc(F)cc2)c1=O. The fourth-order valence-corrected chi connectivity index (χ4v) is 5.15.